The van der Waals surface area contributed by atoms with E-state index in [1.165, 1.54) is 0 Å². The van der Waals surface area contributed by atoms with Gasteiger partial charge in [0.15, 0.2) is 11.9 Å². The first-order valence-corrected chi connectivity index (χ1v) is 5.37. The molecular weight excluding hydrogens is 347 g/mol. The van der Waals surface area contributed by atoms with Crippen molar-refractivity contribution in [2.45, 2.75) is 0 Å². The molecular formula is C8H4BrIN2O. The van der Waals surface area contributed by atoms with Crippen molar-refractivity contribution in [3.8, 4) is 0 Å². The summed E-state index contributed by atoms with van der Waals surface area (Å²) in [4.78, 5) is 14.6. The Bertz CT molecular complexity index is 480. The number of hydrogen-bond acceptors (Lipinski definition) is 2. The van der Waals surface area contributed by atoms with Crippen LogP contribution in [0.1, 0.15) is 10.5 Å². The first-order valence-electron chi connectivity index (χ1n) is 3.49. The van der Waals surface area contributed by atoms with Crippen molar-refractivity contribution in [1.29, 1.82) is 0 Å². The van der Waals surface area contributed by atoms with Gasteiger partial charge in [-0.15, -0.1) is 0 Å². The normalized spacial score (nSPS) is 10.6. The number of carbonyl (C=O) groups excluding carboxylic acids is 1. The Kier molecular flexibility index (Phi) is 2.37. The molecule has 0 spiro atoms. The molecule has 13 heavy (non-hydrogen) atoms. The third-order valence-corrected chi connectivity index (χ3v) is 2.84. The highest BCUT2D eigenvalue weighted by Gasteiger charge is 2.04. The molecule has 3 nitrogen and oxygen atoms in total. The molecule has 0 saturated carbocycles. The molecule has 0 atom stereocenters. The number of pyridine rings is 1. The summed E-state index contributed by atoms with van der Waals surface area (Å²) in [6.07, 6.45) is 4.32. The highest BCUT2D eigenvalue weighted by molar-refractivity contribution is 14.1. The topological polar surface area (TPSA) is 34.4 Å². The maximum Gasteiger partial charge on any atom is 0.170 e. The third-order valence-electron chi connectivity index (χ3n) is 1.61. The van der Waals surface area contributed by atoms with Crippen LogP contribution in [0.4, 0.5) is 0 Å². The number of aldehydes is 1. The maximum absolute atomic E-state index is 10.5. The molecule has 0 bridgehead atoms. The number of hydrogen-bond donors (Lipinski definition) is 0. The van der Waals surface area contributed by atoms with Crippen LogP contribution in [0.5, 0.6) is 0 Å². The molecule has 0 unspecified atom stereocenters. The standard InChI is InChI=1S/C8H4BrIN2O/c9-5-1-7(10)8-11-6(4-13)3-12(8)2-5/h1-4H. The van der Waals surface area contributed by atoms with Crippen molar-refractivity contribution in [2.75, 3.05) is 0 Å². The minimum absolute atomic E-state index is 0.455. The van der Waals surface area contributed by atoms with Gasteiger partial charge in [0.1, 0.15) is 5.69 Å². The fourth-order valence-electron chi connectivity index (χ4n) is 1.10. The highest BCUT2D eigenvalue weighted by Crippen LogP contribution is 2.18. The van der Waals surface area contributed by atoms with Gasteiger partial charge in [-0.05, 0) is 44.6 Å². The predicted octanol–water partition coefficient (Wildman–Crippen LogP) is 2.51. The molecule has 0 amide bonds. The molecule has 2 heterocycles. The fourth-order valence-corrected chi connectivity index (χ4v) is 2.71. The van der Waals surface area contributed by atoms with Crippen LogP contribution in [0.25, 0.3) is 5.65 Å². The Morgan fingerprint density at radius 3 is 3.00 bits per heavy atom. The number of nitrogens with zero attached hydrogens (tertiary/aromatic N) is 2. The van der Waals surface area contributed by atoms with Gasteiger partial charge in [0, 0.05) is 16.9 Å². The summed E-state index contributed by atoms with van der Waals surface area (Å²) in [5, 5.41) is 0. The third kappa shape index (κ3) is 1.62. The number of imidazole rings is 1. The zero-order valence-corrected chi connectivity index (χ0v) is 10.1. The lowest BCUT2D eigenvalue weighted by Crippen LogP contribution is -1.85. The van der Waals surface area contributed by atoms with Crippen molar-refractivity contribution >= 4 is 50.5 Å². The predicted molar refractivity (Wildman–Crippen MR) is 61.0 cm³/mol. The summed E-state index contributed by atoms with van der Waals surface area (Å²) in [6.45, 7) is 0. The fraction of sp³-hybridized carbons (Fsp3) is 0. The van der Waals surface area contributed by atoms with Crippen LogP contribution < -0.4 is 0 Å². The second-order valence-corrected chi connectivity index (χ2v) is 4.60. The molecule has 2 rings (SSSR count). The van der Waals surface area contributed by atoms with Crippen molar-refractivity contribution in [2.24, 2.45) is 0 Å². The molecule has 0 fully saturated rings. The van der Waals surface area contributed by atoms with E-state index in [9.17, 15) is 4.79 Å². The molecule has 0 saturated heterocycles. The Morgan fingerprint density at radius 2 is 2.31 bits per heavy atom. The smallest absolute Gasteiger partial charge is 0.170 e. The summed E-state index contributed by atoms with van der Waals surface area (Å²) in [7, 11) is 0. The van der Waals surface area contributed by atoms with Crippen LogP contribution in [-0.2, 0) is 0 Å². The van der Waals surface area contributed by atoms with Gasteiger partial charge in [0.25, 0.3) is 0 Å². The van der Waals surface area contributed by atoms with Gasteiger partial charge < -0.3 is 4.40 Å². The molecule has 0 aliphatic carbocycles. The second kappa shape index (κ2) is 3.38. The molecule has 0 radical (unpaired) electrons. The summed E-state index contributed by atoms with van der Waals surface area (Å²) < 4.78 is 3.81. The van der Waals surface area contributed by atoms with E-state index < -0.39 is 0 Å². The van der Waals surface area contributed by atoms with E-state index in [-0.39, 0.29) is 0 Å². The number of carbonyl (C=O) groups is 1. The summed E-state index contributed by atoms with van der Waals surface area (Å²) in [5.41, 5.74) is 1.27. The van der Waals surface area contributed by atoms with Gasteiger partial charge in [-0.3, -0.25) is 4.79 Å². The first kappa shape index (κ1) is 9.14. The van der Waals surface area contributed by atoms with Crippen molar-refractivity contribution in [1.82, 2.24) is 9.38 Å². The van der Waals surface area contributed by atoms with Gasteiger partial charge in [-0.2, -0.15) is 0 Å². The number of fused-ring (bicyclic) bond motifs is 1. The van der Waals surface area contributed by atoms with E-state index in [0.717, 1.165) is 20.0 Å². The number of halogens is 2. The average molecular weight is 351 g/mol. The van der Waals surface area contributed by atoms with E-state index in [1.54, 1.807) is 6.20 Å². The van der Waals surface area contributed by atoms with Gasteiger partial charge in [0.05, 0.1) is 3.57 Å². The van der Waals surface area contributed by atoms with Crippen LogP contribution in [0.15, 0.2) is 22.9 Å². The molecule has 0 aromatic carbocycles. The number of aromatic nitrogens is 2. The highest BCUT2D eigenvalue weighted by atomic mass is 127. The van der Waals surface area contributed by atoms with Crippen LogP contribution in [0.3, 0.4) is 0 Å². The lowest BCUT2D eigenvalue weighted by Gasteiger charge is -1.96. The van der Waals surface area contributed by atoms with Crippen LogP contribution >= 0.6 is 38.5 Å². The summed E-state index contributed by atoms with van der Waals surface area (Å²) in [5.74, 6) is 0. The summed E-state index contributed by atoms with van der Waals surface area (Å²) in [6, 6.07) is 1.96. The van der Waals surface area contributed by atoms with E-state index in [4.69, 9.17) is 0 Å². The van der Waals surface area contributed by atoms with Crippen molar-refractivity contribution < 1.29 is 4.79 Å². The zero-order chi connectivity index (χ0) is 9.42. The molecule has 0 N–H and O–H groups in total. The monoisotopic (exact) mass is 350 g/mol. The Balaban J connectivity index is 2.82. The SMILES string of the molecule is O=Cc1cn2cc(Br)cc(I)c2n1. The molecule has 2 aromatic rings. The van der Waals surface area contributed by atoms with Gasteiger partial charge in [-0.1, -0.05) is 0 Å². The number of rotatable bonds is 1. The minimum atomic E-state index is 0.455. The molecule has 2 aromatic heterocycles. The van der Waals surface area contributed by atoms with Gasteiger partial charge in [0.2, 0.25) is 0 Å². The van der Waals surface area contributed by atoms with Crippen LogP contribution in [0.2, 0.25) is 0 Å². The van der Waals surface area contributed by atoms with Crippen LogP contribution in [0, 0.1) is 3.57 Å². The van der Waals surface area contributed by atoms with Gasteiger partial charge >= 0.3 is 0 Å². The Hall–Kier alpha value is -0.430. The van der Waals surface area contributed by atoms with E-state index in [0.29, 0.717) is 5.69 Å². The molecule has 66 valence electrons. The minimum Gasteiger partial charge on any atom is -0.304 e. The lowest BCUT2D eigenvalue weighted by atomic mass is 10.5. The molecule has 0 aliphatic heterocycles. The van der Waals surface area contributed by atoms with E-state index in [2.05, 4.69) is 43.5 Å². The second-order valence-electron chi connectivity index (χ2n) is 2.52. The molecule has 5 heteroatoms. The summed E-state index contributed by atoms with van der Waals surface area (Å²) >= 11 is 5.56. The van der Waals surface area contributed by atoms with Crippen LogP contribution in [-0.4, -0.2) is 15.7 Å². The molecule has 0 aliphatic rings. The largest absolute Gasteiger partial charge is 0.304 e. The Labute approximate surface area is 96.4 Å². The first-order chi connectivity index (χ1) is 6.20. The van der Waals surface area contributed by atoms with Crippen molar-refractivity contribution in [3.05, 3.63) is 32.2 Å². The maximum atomic E-state index is 10.5. The lowest BCUT2D eigenvalue weighted by molar-refractivity contribution is 0.111. The Morgan fingerprint density at radius 1 is 1.54 bits per heavy atom. The quantitative estimate of drug-likeness (QED) is 0.585. The van der Waals surface area contributed by atoms with Crippen molar-refractivity contribution in [3.63, 3.8) is 0 Å². The van der Waals surface area contributed by atoms with Gasteiger partial charge in [-0.25, -0.2) is 4.98 Å². The van der Waals surface area contributed by atoms with E-state index >= 15 is 0 Å². The zero-order valence-electron chi connectivity index (χ0n) is 6.37. The van der Waals surface area contributed by atoms with E-state index in [1.807, 2.05) is 16.7 Å². The average Bonchev–Trinajstić information content (AvgIpc) is 2.47.